The van der Waals surface area contributed by atoms with Gasteiger partial charge in [-0.1, -0.05) is 0 Å². The molecule has 2 aliphatic heterocycles. The number of hydrogen-bond acceptors (Lipinski definition) is 6. The Bertz CT molecular complexity index is 830. The number of carbonyl (C=O) groups excluding carboxylic acids is 5. The zero-order valence-corrected chi connectivity index (χ0v) is 15.9. The molecule has 2 saturated heterocycles. The van der Waals surface area contributed by atoms with Gasteiger partial charge in [-0.05, 0) is 51.4 Å². The summed E-state index contributed by atoms with van der Waals surface area (Å²) in [6, 6.07) is 0. The maximum atomic E-state index is 12.2. The van der Waals surface area contributed by atoms with E-state index in [-0.39, 0.29) is 40.4 Å². The average Bonchev–Trinajstić information content (AvgIpc) is 3.49. The van der Waals surface area contributed by atoms with Crippen molar-refractivity contribution in [2.24, 2.45) is 16.7 Å². The molecule has 4 aliphatic carbocycles. The summed E-state index contributed by atoms with van der Waals surface area (Å²) < 4.78 is 4.52. The lowest BCUT2D eigenvalue weighted by Crippen LogP contribution is -2.60. The molecule has 0 bridgehead atoms. The lowest BCUT2D eigenvalue weighted by Gasteiger charge is -2.34. The maximum absolute atomic E-state index is 12.2. The number of Topliss-reactive ketones (excluding diaryl/α,β-unsaturated/α-hetero) is 2. The molecule has 2 heterocycles. The van der Waals surface area contributed by atoms with Crippen LogP contribution in [0.25, 0.3) is 0 Å². The van der Waals surface area contributed by atoms with E-state index in [2.05, 4.69) is 15.4 Å². The lowest BCUT2D eigenvalue weighted by molar-refractivity contribution is -0.159. The molecule has 0 aromatic heterocycles. The number of amides is 2. The second-order valence-corrected chi connectivity index (χ2v) is 9.29. The summed E-state index contributed by atoms with van der Waals surface area (Å²) in [6.07, 6.45) is 7.48. The molecule has 0 radical (unpaired) electrons. The molecule has 1 atom stereocenters. The first-order valence-corrected chi connectivity index (χ1v) is 10.0. The van der Waals surface area contributed by atoms with Gasteiger partial charge in [0.25, 0.3) is 0 Å². The second-order valence-electron chi connectivity index (χ2n) is 9.29. The Morgan fingerprint density at radius 3 is 1.86 bits per heavy atom. The fourth-order valence-electron chi connectivity index (χ4n) is 5.59. The molecular weight excluding hydrogens is 364 g/mol. The van der Waals surface area contributed by atoms with Gasteiger partial charge in [-0.2, -0.15) is 0 Å². The summed E-state index contributed by atoms with van der Waals surface area (Å²) in [7, 11) is 1.20. The average molecular weight is 388 g/mol. The topological polar surface area (TPSA) is 119 Å². The minimum absolute atomic E-state index is 0.0602. The summed E-state index contributed by atoms with van der Waals surface area (Å²) in [6.45, 7) is 0. The highest BCUT2D eigenvalue weighted by Crippen LogP contribution is 2.67. The summed E-state index contributed by atoms with van der Waals surface area (Å²) in [5, 5.41) is 5.84. The molecule has 2 amide bonds. The highest BCUT2D eigenvalue weighted by atomic mass is 16.5. The Morgan fingerprint density at radius 2 is 1.39 bits per heavy atom. The van der Waals surface area contributed by atoms with E-state index >= 15 is 0 Å². The van der Waals surface area contributed by atoms with Gasteiger partial charge in [0.2, 0.25) is 11.8 Å². The molecule has 6 rings (SSSR count). The molecule has 150 valence electrons. The van der Waals surface area contributed by atoms with Gasteiger partial charge < -0.3 is 15.4 Å². The van der Waals surface area contributed by atoms with Crippen molar-refractivity contribution in [3.8, 4) is 0 Å². The molecule has 6 fully saturated rings. The van der Waals surface area contributed by atoms with Crippen molar-refractivity contribution in [3.63, 3.8) is 0 Å². The van der Waals surface area contributed by atoms with E-state index in [1.165, 1.54) is 7.11 Å². The van der Waals surface area contributed by atoms with Gasteiger partial charge in [0.05, 0.1) is 35.4 Å². The van der Waals surface area contributed by atoms with Gasteiger partial charge in [0.15, 0.2) is 17.5 Å². The van der Waals surface area contributed by atoms with Gasteiger partial charge in [-0.15, -0.1) is 0 Å². The van der Waals surface area contributed by atoms with E-state index in [1.807, 2.05) is 0 Å². The fourth-order valence-corrected chi connectivity index (χ4v) is 5.59. The van der Waals surface area contributed by atoms with Crippen LogP contribution in [0.4, 0.5) is 0 Å². The first kappa shape index (κ1) is 17.8. The fraction of sp³-hybridized carbons (Fsp3) is 0.750. The number of ether oxygens (including phenoxy) is 1. The third-order valence-corrected chi connectivity index (χ3v) is 7.86. The van der Waals surface area contributed by atoms with Crippen LogP contribution in [0.3, 0.4) is 0 Å². The molecule has 4 saturated carbocycles. The molecule has 28 heavy (non-hydrogen) atoms. The number of methoxy groups -OCH3 is 1. The smallest absolute Gasteiger partial charge is 0.325 e. The minimum atomic E-state index is -1.24. The molecule has 8 heteroatoms. The van der Waals surface area contributed by atoms with Crippen LogP contribution >= 0.6 is 0 Å². The summed E-state index contributed by atoms with van der Waals surface area (Å²) in [4.78, 5) is 58.1. The number of hydrogen-bond donors (Lipinski definition) is 2. The van der Waals surface area contributed by atoms with Crippen molar-refractivity contribution in [2.75, 3.05) is 7.11 Å². The minimum Gasteiger partial charge on any atom is -0.468 e. The van der Waals surface area contributed by atoms with E-state index in [9.17, 15) is 24.0 Å². The third-order valence-electron chi connectivity index (χ3n) is 7.86. The van der Waals surface area contributed by atoms with Crippen molar-refractivity contribution < 1.29 is 28.7 Å². The monoisotopic (exact) mass is 388 g/mol. The quantitative estimate of drug-likeness (QED) is 0.488. The van der Waals surface area contributed by atoms with Crippen LogP contribution in [0, 0.1) is 16.7 Å². The number of rotatable bonds is 1. The maximum Gasteiger partial charge on any atom is 0.325 e. The first-order valence-electron chi connectivity index (χ1n) is 10.0. The molecule has 8 nitrogen and oxygen atoms in total. The zero-order chi connectivity index (χ0) is 19.9. The standard InChI is InChI=1S/C11H13NO4.C9H11NO2/c1-16-9(15)6-7(13)10(2-3-10)11(4-5-11)12-8(6)14;11-6-5-7(12)10-9(3-4-9)8(6)1-2-8/h6H,2-5H2,1H3,(H,12,14);1-5H2,(H,10,12). The summed E-state index contributed by atoms with van der Waals surface area (Å²) in [5.41, 5.74) is -0.925. The largest absolute Gasteiger partial charge is 0.468 e. The number of nitrogens with one attached hydrogen (secondary N) is 2. The van der Waals surface area contributed by atoms with E-state index in [4.69, 9.17) is 0 Å². The molecule has 0 aromatic carbocycles. The lowest BCUT2D eigenvalue weighted by atomic mass is 9.78. The SMILES string of the molecule is COC(=O)C1C(=O)NC2(CC2)C2(CC2)C1=O.O=C1CC(=O)C2(CC2)C2(CC2)N1. The van der Waals surface area contributed by atoms with Crippen LogP contribution in [0.15, 0.2) is 0 Å². The molecule has 1 unspecified atom stereocenters. The molecule has 6 aliphatic rings. The molecule has 4 spiro atoms. The highest BCUT2D eigenvalue weighted by Gasteiger charge is 2.75. The van der Waals surface area contributed by atoms with Crippen LogP contribution in [0.1, 0.15) is 57.8 Å². The van der Waals surface area contributed by atoms with Crippen LogP contribution in [0.2, 0.25) is 0 Å². The van der Waals surface area contributed by atoms with Crippen molar-refractivity contribution >= 4 is 29.4 Å². The van der Waals surface area contributed by atoms with Gasteiger partial charge in [0, 0.05) is 0 Å². The number of ketones is 2. The van der Waals surface area contributed by atoms with Crippen LogP contribution in [-0.2, 0) is 28.7 Å². The van der Waals surface area contributed by atoms with E-state index in [0.29, 0.717) is 0 Å². The normalized spacial score (nSPS) is 33.0. The Morgan fingerprint density at radius 1 is 0.857 bits per heavy atom. The highest BCUT2D eigenvalue weighted by molar-refractivity contribution is 6.21. The summed E-state index contributed by atoms with van der Waals surface area (Å²) in [5.74, 6) is -2.53. The van der Waals surface area contributed by atoms with E-state index in [0.717, 1.165) is 51.4 Å². The van der Waals surface area contributed by atoms with Crippen molar-refractivity contribution in [1.29, 1.82) is 0 Å². The molecular formula is C20H24N2O6. The Hall–Kier alpha value is -2.25. The van der Waals surface area contributed by atoms with Crippen LogP contribution < -0.4 is 10.6 Å². The van der Waals surface area contributed by atoms with Gasteiger partial charge in [0.1, 0.15) is 0 Å². The zero-order valence-electron chi connectivity index (χ0n) is 15.9. The van der Waals surface area contributed by atoms with Crippen molar-refractivity contribution in [1.82, 2.24) is 10.6 Å². The van der Waals surface area contributed by atoms with Crippen LogP contribution in [-0.4, -0.2) is 47.5 Å². The number of carbonyl (C=O) groups is 5. The predicted octanol–water partition coefficient (Wildman–Crippen LogP) is 0.176. The van der Waals surface area contributed by atoms with E-state index < -0.39 is 23.2 Å². The summed E-state index contributed by atoms with van der Waals surface area (Å²) >= 11 is 0. The van der Waals surface area contributed by atoms with E-state index in [1.54, 1.807) is 0 Å². The van der Waals surface area contributed by atoms with Crippen LogP contribution in [0.5, 0.6) is 0 Å². The number of esters is 1. The van der Waals surface area contributed by atoms with Crippen molar-refractivity contribution in [3.05, 3.63) is 0 Å². The third kappa shape index (κ3) is 2.14. The molecule has 2 N–H and O–H groups in total. The van der Waals surface area contributed by atoms with Crippen molar-refractivity contribution in [2.45, 2.75) is 68.9 Å². The van der Waals surface area contributed by atoms with Gasteiger partial charge in [-0.3, -0.25) is 24.0 Å². The number of fused-ring (bicyclic) bond motifs is 2. The Balaban J connectivity index is 0.000000127. The Labute approximate surface area is 162 Å². The van der Waals surface area contributed by atoms with Gasteiger partial charge in [-0.25, -0.2) is 0 Å². The molecule has 0 aromatic rings. The predicted molar refractivity (Wildman–Crippen MR) is 93.7 cm³/mol. The van der Waals surface area contributed by atoms with Gasteiger partial charge >= 0.3 is 5.97 Å². The first-order chi connectivity index (χ1) is 13.2. The number of piperidine rings is 2. The second kappa shape index (κ2) is 5.21. The Kier molecular flexibility index (Phi) is 3.32.